The second-order valence-corrected chi connectivity index (χ2v) is 11.0. The summed E-state index contributed by atoms with van der Waals surface area (Å²) in [5, 5.41) is 9.37. The van der Waals surface area contributed by atoms with Crippen LogP contribution < -0.4 is 19.6 Å². The maximum atomic E-state index is 13.5. The van der Waals surface area contributed by atoms with Gasteiger partial charge in [-0.15, -0.1) is 5.10 Å². The molecule has 216 valence electrons. The molecule has 3 heterocycles. The van der Waals surface area contributed by atoms with E-state index in [0.717, 1.165) is 46.7 Å². The molecule has 0 bridgehead atoms. The molecule has 0 aliphatic rings. The molecule has 0 N–H and O–H groups in total. The lowest BCUT2D eigenvalue weighted by Crippen LogP contribution is -2.23. The van der Waals surface area contributed by atoms with E-state index in [9.17, 15) is 9.59 Å². The lowest BCUT2D eigenvalue weighted by molar-refractivity contribution is -0.131. The molecule has 0 radical (unpaired) electrons. The number of hydrogen-bond acceptors (Lipinski definition) is 8. The van der Waals surface area contributed by atoms with Crippen LogP contribution in [0.5, 0.6) is 11.5 Å². The average molecular weight is 592 g/mol. The number of benzene rings is 3. The van der Waals surface area contributed by atoms with Crippen molar-refractivity contribution < 1.29 is 14.3 Å². The second-order valence-electron chi connectivity index (χ2n) is 10.0. The number of thiazole rings is 1. The Morgan fingerprint density at radius 1 is 1.00 bits per heavy atom. The summed E-state index contributed by atoms with van der Waals surface area (Å²) in [5.74, 6) is 1.04. The molecule has 0 aliphatic heterocycles. The van der Waals surface area contributed by atoms with Gasteiger partial charge in [-0.2, -0.15) is 14.6 Å². The van der Waals surface area contributed by atoms with Gasteiger partial charge in [0.1, 0.15) is 17.2 Å². The van der Waals surface area contributed by atoms with Crippen molar-refractivity contribution in [3.63, 3.8) is 0 Å². The number of para-hydroxylation sites is 2. The van der Waals surface area contributed by atoms with Crippen LogP contribution >= 0.6 is 11.3 Å². The van der Waals surface area contributed by atoms with Crippen molar-refractivity contribution in [1.29, 1.82) is 0 Å². The molecule has 0 amide bonds. The summed E-state index contributed by atoms with van der Waals surface area (Å²) in [6.07, 6.45) is 5.82. The van der Waals surface area contributed by atoms with Crippen molar-refractivity contribution in [2.24, 2.45) is 0 Å². The highest BCUT2D eigenvalue weighted by atomic mass is 32.1. The van der Waals surface area contributed by atoms with Gasteiger partial charge in [0, 0.05) is 24.2 Å². The zero-order chi connectivity index (χ0) is 29.9. The summed E-state index contributed by atoms with van der Waals surface area (Å²) in [6, 6.07) is 22.8. The highest BCUT2D eigenvalue weighted by Gasteiger charge is 2.18. The average Bonchev–Trinajstić information content (AvgIpc) is 3.69. The van der Waals surface area contributed by atoms with Crippen molar-refractivity contribution in [3.05, 3.63) is 105 Å². The first-order chi connectivity index (χ1) is 20.9. The molecule has 10 heteroatoms. The Morgan fingerprint density at radius 2 is 1.79 bits per heavy atom. The van der Waals surface area contributed by atoms with Crippen LogP contribution in [0.3, 0.4) is 0 Å². The summed E-state index contributed by atoms with van der Waals surface area (Å²) >= 11 is 1.24. The van der Waals surface area contributed by atoms with Crippen molar-refractivity contribution in [2.75, 3.05) is 6.61 Å². The third kappa shape index (κ3) is 5.82. The topological polar surface area (TPSA) is 101 Å². The van der Waals surface area contributed by atoms with Gasteiger partial charge in [0.05, 0.1) is 22.4 Å². The highest BCUT2D eigenvalue weighted by Crippen LogP contribution is 2.30. The summed E-state index contributed by atoms with van der Waals surface area (Å²) in [6.45, 7) is 6.17. The number of unbranched alkanes of at least 4 members (excludes halogenated alkanes) is 1. The maximum Gasteiger partial charge on any atom is 0.308 e. The molecule has 0 saturated heterocycles. The van der Waals surface area contributed by atoms with Gasteiger partial charge in [-0.05, 0) is 67.4 Å². The van der Waals surface area contributed by atoms with Crippen molar-refractivity contribution >= 4 is 28.3 Å². The largest absolute Gasteiger partial charge is 0.493 e. The standard InChI is InChI=1S/C33H29N5O4S/c1-4-5-17-41-27-16-15-23(18-21(27)2)30-24(20-37(35-30)25-11-7-6-8-12-25)19-29-32(40)38-33(43-29)34-31(36-38)26-13-9-10-14-28(26)42-22(3)39/h6-16,18-20H,4-5,17H2,1-3H3/b29-19+. The van der Waals surface area contributed by atoms with Crippen LogP contribution in [0.2, 0.25) is 0 Å². The summed E-state index contributed by atoms with van der Waals surface area (Å²) < 4.78 is 14.8. The molecule has 0 fully saturated rings. The molecule has 0 saturated carbocycles. The Hall–Kier alpha value is -5.09. The minimum absolute atomic E-state index is 0.294. The molecular weight excluding hydrogens is 562 g/mol. The number of ether oxygens (including phenoxy) is 2. The van der Waals surface area contributed by atoms with E-state index >= 15 is 0 Å². The molecule has 0 spiro atoms. The predicted molar refractivity (Wildman–Crippen MR) is 167 cm³/mol. The maximum absolute atomic E-state index is 13.5. The van der Waals surface area contributed by atoms with E-state index in [1.165, 1.54) is 22.8 Å². The van der Waals surface area contributed by atoms with E-state index in [1.54, 1.807) is 24.3 Å². The Balaban J connectivity index is 1.42. The first-order valence-electron chi connectivity index (χ1n) is 14.0. The van der Waals surface area contributed by atoms with Gasteiger partial charge < -0.3 is 9.47 Å². The smallest absolute Gasteiger partial charge is 0.308 e. The molecule has 0 atom stereocenters. The molecule has 43 heavy (non-hydrogen) atoms. The quantitative estimate of drug-likeness (QED) is 0.122. The van der Waals surface area contributed by atoms with Gasteiger partial charge in [-0.1, -0.05) is 55.0 Å². The van der Waals surface area contributed by atoms with E-state index in [4.69, 9.17) is 14.6 Å². The molecular formula is C33H29N5O4S. The van der Waals surface area contributed by atoms with Crippen LogP contribution in [0.4, 0.5) is 0 Å². The molecule has 6 rings (SSSR count). The van der Waals surface area contributed by atoms with Gasteiger partial charge in [0.25, 0.3) is 5.56 Å². The number of hydrogen-bond donors (Lipinski definition) is 0. The minimum atomic E-state index is -0.449. The second kappa shape index (κ2) is 12.0. The molecule has 6 aromatic rings. The number of fused-ring (bicyclic) bond motifs is 1. The zero-order valence-corrected chi connectivity index (χ0v) is 24.8. The first-order valence-corrected chi connectivity index (χ1v) is 14.8. The SMILES string of the molecule is CCCCOc1ccc(-c2nn(-c3ccccc3)cc2/C=c2/sc3nc(-c4ccccc4OC(C)=O)nn3c2=O)cc1C. The monoisotopic (exact) mass is 591 g/mol. The van der Waals surface area contributed by atoms with E-state index in [1.807, 2.05) is 66.3 Å². The van der Waals surface area contributed by atoms with Crippen molar-refractivity contribution in [1.82, 2.24) is 24.4 Å². The van der Waals surface area contributed by atoms with E-state index in [-0.39, 0.29) is 5.56 Å². The number of aromatic nitrogens is 5. The summed E-state index contributed by atoms with van der Waals surface area (Å²) in [5.41, 5.74) is 4.59. The Morgan fingerprint density at radius 3 is 2.53 bits per heavy atom. The molecule has 0 aliphatic carbocycles. The number of carbonyl (C=O) groups is 1. The third-order valence-corrected chi connectivity index (χ3v) is 7.78. The van der Waals surface area contributed by atoms with Gasteiger partial charge >= 0.3 is 5.97 Å². The molecule has 9 nitrogen and oxygen atoms in total. The zero-order valence-electron chi connectivity index (χ0n) is 24.0. The lowest BCUT2D eigenvalue weighted by atomic mass is 10.0. The number of esters is 1. The summed E-state index contributed by atoms with van der Waals surface area (Å²) in [7, 11) is 0. The lowest BCUT2D eigenvalue weighted by Gasteiger charge is -2.10. The van der Waals surface area contributed by atoms with Gasteiger partial charge in [-0.25, -0.2) is 4.68 Å². The Kier molecular flexibility index (Phi) is 7.84. The van der Waals surface area contributed by atoms with Crippen LogP contribution in [-0.4, -0.2) is 37.0 Å². The normalized spacial score (nSPS) is 11.7. The van der Waals surface area contributed by atoms with E-state index < -0.39 is 5.97 Å². The van der Waals surface area contributed by atoms with Gasteiger partial charge in [0.15, 0.2) is 5.82 Å². The fourth-order valence-corrected chi connectivity index (χ4v) is 5.60. The van der Waals surface area contributed by atoms with Crippen LogP contribution in [0.15, 0.2) is 83.8 Å². The third-order valence-electron chi connectivity index (χ3n) is 6.82. The Labute approximate surface area is 251 Å². The molecule has 0 unspecified atom stereocenters. The highest BCUT2D eigenvalue weighted by molar-refractivity contribution is 7.15. The van der Waals surface area contributed by atoms with Gasteiger partial charge in [-0.3, -0.25) is 9.59 Å². The fraction of sp³-hybridized carbons (Fsp3) is 0.182. The van der Waals surface area contributed by atoms with Crippen molar-refractivity contribution in [2.45, 2.75) is 33.6 Å². The fourth-order valence-electron chi connectivity index (χ4n) is 4.70. The predicted octanol–water partition coefficient (Wildman–Crippen LogP) is 5.63. The molecule has 3 aromatic heterocycles. The van der Waals surface area contributed by atoms with Crippen molar-refractivity contribution in [3.8, 4) is 39.8 Å². The van der Waals surface area contributed by atoms with E-state index in [2.05, 4.69) is 23.1 Å². The number of nitrogens with zero attached hydrogens (tertiary/aromatic N) is 5. The van der Waals surface area contributed by atoms with E-state index in [0.29, 0.717) is 33.2 Å². The minimum Gasteiger partial charge on any atom is -0.493 e. The Bertz CT molecular complexity index is 2040. The van der Waals surface area contributed by atoms with Crippen LogP contribution in [-0.2, 0) is 4.79 Å². The van der Waals surface area contributed by atoms with Crippen LogP contribution in [0.25, 0.3) is 39.4 Å². The van der Waals surface area contributed by atoms with Gasteiger partial charge in [0.2, 0.25) is 4.96 Å². The number of rotatable bonds is 9. The number of carbonyl (C=O) groups excluding carboxylic acids is 1. The first kappa shape index (κ1) is 28.0. The van der Waals surface area contributed by atoms with Crippen LogP contribution in [0, 0.1) is 6.92 Å². The summed E-state index contributed by atoms with van der Waals surface area (Å²) in [4.78, 5) is 30.1. The number of aryl methyl sites for hydroxylation is 1. The van der Waals surface area contributed by atoms with Crippen LogP contribution in [0.1, 0.15) is 37.8 Å². The molecule has 3 aromatic carbocycles.